The molecule has 0 spiro atoms. The number of carbonyl (C=O) groups is 1. The summed E-state index contributed by atoms with van der Waals surface area (Å²) in [4.78, 5) is 21.4. The van der Waals surface area contributed by atoms with E-state index in [-0.39, 0.29) is 17.9 Å². The summed E-state index contributed by atoms with van der Waals surface area (Å²) in [5.41, 5.74) is 9.35. The summed E-state index contributed by atoms with van der Waals surface area (Å²) in [6.45, 7) is 2.58. The van der Waals surface area contributed by atoms with E-state index in [2.05, 4.69) is 22.2 Å². The van der Waals surface area contributed by atoms with Crippen LogP contribution in [-0.4, -0.2) is 39.7 Å². The number of hydrogen-bond acceptors (Lipinski definition) is 5. The zero-order valence-corrected chi connectivity index (χ0v) is 13.7. The van der Waals surface area contributed by atoms with Gasteiger partial charge in [0, 0.05) is 36.3 Å². The molecule has 6 nitrogen and oxygen atoms in total. The van der Waals surface area contributed by atoms with E-state index < -0.39 is 6.10 Å². The molecule has 1 aromatic rings. The Hall–Kier alpha value is -1.53. The third-order valence-corrected chi connectivity index (χ3v) is 5.03. The molecule has 0 unspecified atom stereocenters. The van der Waals surface area contributed by atoms with Gasteiger partial charge in [0.1, 0.15) is 5.82 Å². The number of aryl methyl sites for hydroxylation is 2. The van der Waals surface area contributed by atoms with Crippen LogP contribution in [0.5, 0.6) is 0 Å². The lowest BCUT2D eigenvalue weighted by atomic mass is 9.95. The van der Waals surface area contributed by atoms with Gasteiger partial charge in [0.25, 0.3) is 0 Å². The SMILES string of the molecule is Cc1nc(CCNC(=O)[C@H]2C[C@@H](N)[C@H](O)C2)nc2c1CCCC2. The van der Waals surface area contributed by atoms with Gasteiger partial charge in [-0.2, -0.15) is 0 Å². The summed E-state index contributed by atoms with van der Waals surface area (Å²) in [6.07, 6.45) is 5.64. The molecular weight excluding hydrogens is 292 g/mol. The van der Waals surface area contributed by atoms with E-state index in [1.54, 1.807) is 0 Å². The number of amides is 1. The van der Waals surface area contributed by atoms with Gasteiger partial charge < -0.3 is 16.2 Å². The maximum atomic E-state index is 12.1. The number of aliphatic hydroxyl groups excluding tert-OH is 1. The molecule has 0 saturated heterocycles. The van der Waals surface area contributed by atoms with Crippen LogP contribution in [0.1, 0.15) is 48.5 Å². The molecule has 0 aromatic carbocycles. The first-order chi connectivity index (χ1) is 11.0. The Kier molecular flexibility index (Phi) is 4.92. The van der Waals surface area contributed by atoms with Gasteiger partial charge >= 0.3 is 0 Å². The lowest BCUT2D eigenvalue weighted by Gasteiger charge is -2.17. The number of hydrogen-bond donors (Lipinski definition) is 3. The topological polar surface area (TPSA) is 101 Å². The largest absolute Gasteiger partial charge is 0.391 e. The molecule has 0 aliphatic heterocycles. The minimum atomic E-state index is -0.558. The maximum absolute atomic E-state index is 12.1. The average Bonchev–Trinajstić information content (AvgIpc) is 2.87. The lowest BCUT2D eigenvalue weighted by molar-refractivity contribution is -0.125. The third kappa shape index (κ3) is 3.70. The molecule has 1 fully saturated rings. The Labute approximate surface area is 136 Å². The van der Waals surface area contributed by atoms with E-state index >= 15 is 0 Å². The van der Waals surface area contributed by atoms with Crippen molar-refractivity contribution in [2.45, 2.75) is 64.0 Å². The van der Waals surface area contributed by atoms with Crippen LogP contribution >= 0.6 is 0 Å². The fraction of sp³-hybridized carbons (Fsp3) is 0.706. The second-order valence-corrected chi connectivity index (χ2v) is 6.80. The Morgan fingerprint density at radius 2 is 2.09 bits per heavy atom. The number of rotatable bonds is 4. The molecule has 4 N–H and O–H groups in total. The summed E-state index contributed by atoms with van der Waals surface area (Å²) >= 11 is 0. The Bertz CT molecular complexity index is 580. The molecule has 1 saturated carbocycles. The molecule has 6 heteroatoms. The number of aliphatic hydroxyl groups is 1. The van der Waals surface area contributed by atoms with Gasteiger partial charge in [-0.05, 0) is 51.0 Å². The second kappa shape index (κ2) is 6.93. The standard InChI is InChI=1S/C17H26N4O2/c1-10-12-4-2-3-5-14(12)21-16(20-10)6-7-19-17(23)11-8-13(18)15(22)9-11/h11,13,15,22H,2-9,18H2,1H3,(H,19,23)/t11-,13+,15+/m0/s1. The Morgan fingerprint density at radius 1 is 1.30 bits per heavy atom. The van der Waals surface area contributed by atoms with Crippen molar-refractivity contribution in [2.24, 2.45) is 11.7 Å². The molecule has 1 heterocycles. The number of aromatic nitrogens is 2. The van der Waals surface area contributed by atoms with E-state index in [0.29, 0.717) is 25.8 Å². The van der Waals surface area contributed by atoms with Crippen molar-refractivity contribution in [3.63, 3.8) is 0 Å². The summed E-state index contributed by atoms with van der Waals surface area (Å²) < 4.78 is 0. The third-order valence-electron chi connectivity index (χ3n) is 5.03. The van der Waals surface area contributed by atoms with E-state index in [9.17, 15) is 9.90 Å². The molecule has 0 bridgehead atoms. The quantitative estimate of drug-likeness (QED) is 0.747. The van der Waals surface area contributed by atoms with Crippen LogP contribution in [0.2, 0.25) is 0 Å². The van der Waals surface area contributed by atoms with E-state index in [4.69, 9.17) is 5.73 Å². The number of carbonyl (C=O) groups excluding carboxylic acids is 1. The molecule has 2 aliphatic rings. The fourth-order valence-electron chi connectivity index (χ4n) is 3.66. The molecule has 1 amide bonds. The van der Waals surface area contributed by atoms with E-state index in [1.165, 1.54) is 24.1 Å². The van der Waals surface area contributed by atoms with Gasteiger partial charge in [0.05, 0.1) is 6.10 Å². The predicted octanol–water partition coefficient (Wildman–Crippen LogP) is 0.421. The molecule has 3 atom stereocenters. The van der Waals surface area contributed by atoms with Crippen LogP contribution in [0.25, 0.3) is 0 Å². The fourth-order valence-corrected chi connectivity index (χ4v) is 3.66. The van der Waals surface area contributed by atoms with Gasteiger partial charge in [-0.3, -0.25) is 4.79 Å². The summed E-state index contributed by atoms with van der Waals surface area (Å²) in [6, 6.07) is -0.280. The molecule has 1 aromatic heterocycles. The van der Waals surface area contributed by atoms with Crippen LogP contribution in [-0.2, 0) is 24.1 Å². The number of fused-ring (bicyclic) bond motifs is 1. The lowest BCUT2D eigenvalue weighted by Crippen LogP contribution is -2.32. The first-order valence-electron chi connectivity index (χ1n) is 8.61. The normalized spacial score (nSPS) is 26.8. The summed E-state index contributed by atoms with van der Waals surface area (Å²) in [5.74, 6) is 0.615. The summed E-state index contributed by atoms with van der Waals surface area (Å²) in [5, 5.41) is 12.6. The highest BCUT2D eigenvalue weighted by Crippen LogP contribution is 2.25. The van der Waals surface area contributed by atoms with Crippen LogP contribution in [0.3, 0.4) is 0 Å². The summed E-state index contributed by atoms with van der Waals surface area (Å²) in [7, 11) is 0. The van der Waals surface area contributed by atoms with Crippen molar-refractivity contribution in [2.75, 3.05) is 6.54 Å². The van der Waals surface area contributed by atoms with Crippen LogP contribution < -0.4 is 11.1 Å². The minimum Gasteiger partial charge on any atom is -0.391 e. The van der Waals surface area contributed by atoms with Gasteiger partial charge in [0.15, 0.2) is 0 Å². The molecule has 0 radical (unpaired) electrons. The van der Waals surface area contributed by atoms with Crippen molar-refractivity contribution in [3.05, 3.63) is 22.8 Å². The minimum absolute atomic E-state index is 0.0216. The van der Waals surface area contributed by atoms with Gasteiger partial charge in [-0.15, -0.1) is 0 Å². The Morgan fingerprint density at radius 3 is 2.83 bits per heavy atom. The highest BCUT2D eigenvalue weighted by atomic mass is 16.3. The zero-order chi connectivity index (χ0) is 16.4. The first kappa shape index (κ1) is 16.3. The van der Waals surface area contributed by atoms with Crippen LogP contribution in [0.15, 0.2) is 0 Å². The van der Waals surface area contributed by atoms with Crippen molar-refractivity contribution in [1.29, 1.82) is 0 Å². The first-order valence-corrected chi connectivity index (χ1v) is 8.61. The Balaban J connectivity index is 1.53. The predicted molar refractivity (Wildman–Crippen MR) is 86.8 cm³/mol. The van der Waals surface area contributed by atoms with Crippen molar-refractivity contribution in [3.8, 4) is 0 Å². The van der Waals surface area contributed by atoms with Crippen molar-refractivity contribution >= 4 is 5.91 Å². The molecule has 126 valence electrons. The maximum Gasteiger partial charge on any atom is 0.223 e. The van der Waals surface area contributed by atoms with Crippen LogP contribution in [0.4, 0.5) is 0 Å². The zero-order valence-electron chi connectivity index (χ0n) is 13.7. The monoisotopic (exact) mass is 318 g/mol. The number of nitrogens with zero attached hydrogens (tertiary/aromatic N) is 2. The smallest absolute Gasteiger partial charge is 0.223 e. The van der Waals surface area contributed by atoms with Crippen molar-refractivity contribution < 1.29 is 9.90 Å². The second-order valence-electron chi connectivity index (χ2n) is 6.80. The average molecular weight is 318 g/mol. The van der Waals surface area contributed by atoms with Crippen molar-refractivity contribution in [1.82, 2.24) is 15.3 Å². The van der Waals surface area contributed by atoms with Gasteiger partial charge in [-0.25, -0.2) is 9.97 Å². The van der Waals surface area contributed by atoms with E-state index in [1.807, 2.05) is 0 Å². The number of nitrogens with one attached hydrogen (secondary N) is 1. The molecule has 2 aliphatic carbocycles. The molecule has 3 rings (SSSR count). The number of nitrogens with two attached hydrogens (primary N) is 1. The van der Waals surface area contributed by atoms with Crippen LogP contribution in [0, 0.1) is 12.8 Å². The van der Waals surface area contributed by atoms with E-state index in [0.717, 1.165) is 24.4 Å². The molecular formula is C17H26N4O2. The van der Waals surface area contributed by atoms with Gasteiger partial charge in [0.2, 0.25) is 5.91 Å². The highest BCUT2D eigenvalue weighted by molar-refractivity contribution is 5.79. The molecule has 23 heavy (non-hydrogen) atoms. The highest BCUT2D eigenvalue weighted by Gasteiger charge is 2.34. The van der Waals surface area contributed by atoms with Gasteiger partial charge in [-0.1, -0.05) is 0 Å².